The van der Waals surface area contributed by atoms with Crippen LogP contribution in [0.3, 0.4) is 0 Å². The Labute approximate surface area is 128 Å². The fourth-order valence-electron chi connectivity index (χ4n) is 2.65. The molecular weight excluding hydrogens is 281 g/mol. The lowest BCUT2D eigenvalue weighted by atomic mass is 10.1. The van der Waals surface area contributed by atoms with Gasteiger partial charge in [-0.3, -0.25) is 9.48 Å². The van der Waals surface area contributed by atoms with Crippen LogP contribution in [0, 0.1) is 5.82 Å². The van der Waals surface area contributed by atoms with Crippen LogP contribution in [0.4, 0.5) is 4.39 Å². The number of amides is 1. The topological polar surface area (TPSA) is 46.9 Å². The minimum atomic E-state index is -0.336. The van der Waals surface area contributed by atoms with E-state index in [1.807, 2.05) is 10.9 Å². The third-order valence-corrected chi connectivity index (χ3v) is 3.84. The van der Waals surface area contributed by atoms with Crippen molar-refractivity contribution in [2.75, 3.05) is 0 Å². The number of carbonyl (C=O) groups is 1. The molecule has 114 valence electrons. The Morgan fingerprint density at radius 2 is 2.23 bits per heavy atom. The quantitative estimate of drug-likeness (QED) is 0.882. The monoisotopic (exact) mass is 299 g/mol. The fourth-order valence-corrected chi connectivity index (χ4v) is 2.65. The molecule has 22 heavy (non-hydrogen) atoms. The van der Waals surface area contributed by atoms with E-state index in [-0.39, 0.29) is 11.7 Å². The van der Waals surface area contributed by atoms with Crippen LogP contribution < -0.4 is 5.32 Å². The number of rotatable bonds is 4. The SMILES string of the molecule is O=C(C=Cc1ccccc1F)NCc1cnn2c1CCCC2. The molecule has 0 aliphatic carbocycles. The normalized spacial score (nSPS) is 14.0. The Morgan fingerprint density at radius 3 is 3.09 bits per heavy atom. The first kappa shape index (κ1) is 14.5. The summed E-state index contributed by atoms with van der Waals surface area (Å²) in [4.78, 5) is 11.8. The molecule has 0 atom stereocenters. The zero-order valence-corrected chi connectivity index (χ0v) is 12.3. The van der Waals surface area contributed by atoms with E-state index in [4.69, 9.17) is 0 Å². The van der Waals surface area contributed by atoms with Gasteiger partial charge in [0.25, 0.3) is 0 Å². The zero-order chi connectivity index (χ0) is 15.4. The summed E-state index contributed by atoms with van der Waals surface area (Å²) in [6, 6.07) is 6.36. The highest BCUT2D eigenvalue weighted by Gasteiger charge is 2.14. The van der Waals surface area contributed by atoms with Crippen molar-refractivity contribution < 1.29 is 9.18 Å². The number of hydrogen-bond donors (Lipinski definition) is 1. The van der Waals surface area contributed by atoms with Gasteiger partial charge in [-0.05, 0) is 31.4 Å². The van der Waals surface area contributed by atoms with E-state index in [1.54, 1.807) is 18.2 Å². The van der Waals surface area contributed by atoms with E-state index in [0.717, 1.165) is 24.9 Å². The molecule has 0 unspecified atom stereocenters. The van der Waals surface area contributed by atoms with E-state index in [1.165, 1.54) is 30.3 Å². The number of nitrogens with zero attached hydrogens (tertiary/aromatic N) is 2. The predicted molar refractivity (Wildman–Crippen MR) is 82.4 cm³/mol. The third kappa shape index (κ3) is 3.24. The fraction of sp³-hybridized carbons (Fsp3) is 0.294. The lowest BCUT2D eigenvalue weighted by Gasteiger charge is -2.14. The van der Waals surface area contributed by atoms with Gasteiger partial charge in [0.15, 0.2) is 0 Å². The molecule has 2 aromatic rings. The van der Waals surface area contributed by atoms with Crippen molar-refractivity contribution in [3.8, 4) is 0 Å². The minimum absolute atomic E-state index is 0.237. The molecule has 0 saturated heterocycles. The number of nitrogens with one attached hydrogen (secondary N) is 1. The molecule has 0 radical (unpaired) electrons. The number of halogens is 1. The summed E-state index contributed by atoms with van der Waals surface area (Å²) >= 11 is 0. The van der Waals surface area contributed by atoms with Crippen molar-refractivity contribution >= 4 is 12.0 Å². The summed E-state index contributed by atoms with van der Waals surface area (Å²) in [6.45, 7) is 1.41. The highest BCUT2D eigenvalue weighted by molar-refractivity contribution is 5.91. The molecule has 0 bridgehead atoms. The van der Waals surface area contributed by atoms with Gasteiger partial charge in [-0.15, -0.1) is 0 Å². The summed E-state index contributed by atoms with van der Waals surface area (Å²) in [6.07, 6.45) is 8.00. The largest absolute Gasteiger partial charge is 0.348 e. The Morgan fingerprint density at radius 1 is 1.36 bits per heavy atom. The number of aryl methyl sites for hydroxylation is 1. The number of hydrogen-bond acceptors (Lipinski definition) is 2. The molecule has 0 saturated carbocycles. The molecule has 1 aromatic heterocycles. The van der Waals surface area contributed by atoms with Gasteiger partial charge < -0.3 is 5.32 Å². The smallest absolute Gasteiger partial charge is 0.244 e. The summed E-state index contributed by atoms with van der Waals surface area (Å²) in [5.41, 5.74) is 2.68. The maximum atomic E-state index is 13.4. The third-order valence-electron chi connectivity index (χ3n) is 3.84. The zero-order valence-electron chi connectivity index (χ0n) is 12.3. The van der Waals surface area contributed by atoms with Gasteiger partial charge in [-0.1, -0.05) is 18.2 Å². The minimum Gasteiger partial charge on any atom is -0.348 e. The highest BCUT2D eigenvalue weighted by Crippen LogP contribution is 2.17. The molecule has 3 rings (SSSR count). The molecule has 4 nitrogen and oxygen atoms in total. The second-order valence-corrected chi connectivity index (χ2v) is 5.37. The Bertz CT molecular complexity index is 706. The average molecular weight is 299 g/mol. The van der Waals surface area contributed by atoms with Crippen LogP contribution in [0.2, 0.25) is 0 Å². The van der Waals surface area contributed by atoms with Crippen molar-refractivity contribution in [3.63, 3.8) is 0 Å². The maximum Gasteiger partial charge on any atom is 0.244 e. The first-order valence-corrected chi connectivity index (χ1v) is 7.48. The molecule has 1 aliphatic rings. The van der Waals surface area contributed by atoms with Crippen molar-refractivity contribution in [3.05, 3.63) is 59.2 Å². The van der Waals surface area contributed by atoms with Crippen molar-refractivity contribution in [1.29, 1.82) is 0 Å². The van der Waals surface area contributed by atoms with E-state index in [0.29, 0.717) is 12.1 Å². The van der Waals surface area contributed by atoms with Crippen LogP contribution in [0.25, 0.3) is 6.08 Å². The number of aromatic nitrogens is 2. The van der Waals surface area contributed by atoms with Gasteiger partial charge in [0.2, 0.25) is 5.91 Å². The molecule has 1 aromatic carbocycles. The van der Waals surface area contributed by atoms with Crippen LogP contribution >= 0.6 is 0 Å². The number of benzene rings is 1. The van der Waals surface area contributed by atoms with Crippen LogP contribution in [-0.2, 0) is 24.3 Å². The lowest BCUT2D eigenvalue weighted by molar-refractivity contribution is -0.116. The van der Waals surface area contributed by atoms with Crippen LogP contribution in [-0.4, -0.2) is 15.7 Å². The Balaban J connectivity index is 1.59. The van der Waals surface area contributed by atoms with Crippen LogP contribution in [0.15, 0.2) is 36.5 Å². The molecular formula is C17H18FN3O. The second-order valence-electron chi connectivity index (χ2n) is 5.37. The van der Waals surface area contributed by atoms with Crippen LogP contribution in [0.1, 0.15) is 29.7 Å². The van der Waals surface area contributed by atoms with Crippen molar-refractivity contribution in [2.45, 2.75) is 32.4 Å². The van der Waals surface area contributed by atoms with Crippen LogP contribution in [0.5, 0.6) is 0 Å². The summed E-state index contributed by atoms with van der Waals surface area (Å²) < 4.78 is 15.5. The molecule has 0 spiro atoms. The summed E-state index contributed by atoms with van der Waals surface area (Å²) in [5.74, 6) is -0.573. The molecule has 5 heteroatoms. The van der Waals surface area contributed by atoms with Gasteiger partial charge in [0, 0.05) is 36.0 Å². The van der Waals surface area contributed by atoms with E-state index >= 15 is 0 Å². The van der Waals surface area contributed by atoms with E-state index in [9.17, 15) is 9.18 Å². The standard InChI is InChI=1S/C17H18FN3O/c18-15-6-2-1-5-13(15)8-9-17(22)19-11-14-12-20-21-10-4-3-7-16(14)21/h1-2,5-6,8-9,12H,3-4,7,10-11H2,(H,19,22). The highest BCUT2D eigenvalue weighted by atomic mass is 19.1. The van der Waals surface area contributed by atoms with E-state index < -0.39 is 0 Å². The molecule has 2 heterocycles. The van der Waals surface area contributed by atoms with Gasteiger partial charge in [-0.25, -0.2) is 4.39 Å². The first-order chi connectivity index (χ1) is 10.7. The van der Waals surface area contributed by atoms with Gasteiger partial charge in [0.05, 0.1) is 6.20 Å². The Kier molecular flexibility index (Phi) is 4.32. The maximum absolute atomic E-state index is 13.4. The molecule has 1 N–H and O–H groups in total. The van der Waals surface area contributed by atoms with Crippen molar-refractivity contribution in [1.82, 2.24) is 15.1 Å². The van der Waals surface area contributed by atoms with Gasteiger partial charge in [0.1, 0.15) is 5.82 Å². The van der Waals surface area contributed by atoms with Crippen molar-refractivity contribution in [2.24, 2.45) is 0 Å². The van der Waals surface area contributed by atoms with Gasteiger partial charge in [-0.2, -0.15) is 5.10 Å². The number of carbonyl (C=O) groups excluding carboxylic acids is 1. The molecule has 0 fully saturated rings. The predicted octanol–water partition coefficient (Wildman–Crippen LogP) is 2.69. The molecule has 1 amide bonds. The van der Waals surface area contributed by atoms with Gasteiger partial charge >= 0.3 is 0 Å². The Hall–Kier alpha value is -2.43. The van der Waals surface area contributed by atoms with E-state index in [2.05, 4.69) is 10.4 Å². The number of fused-ring (bicyclic) bond motifs is 1. The lowest BCUT2D eigenvalue weighted by Crippen LogP contribution is -2.21. The molecule has 1 aliphatic heterocycles. The average Bonchev–Trinajstić information content (AvgIpc) is 2.95. The first-order valence-electron chi connectivity index (χ1n) is 7.48. The summed E-state index contributed by atoms with van der Waals surface area (Å²) in [5, 5.41) is 7.16. The second kappa shape index (κ2) is 6.56. The summed E-state index contributed by atoms with van der Waals surface area (Å²) in [7, 11) is 0.